The molecule has 0 saturated heterocycles. The van der Waals surface area contributed by atoms with E-state index in [-0.39, 0.29) is 17.9 Å². The standard InChI is InChI=1S/C15H22N2O2S/c1-15(2,3)8-9-17-13(18)10-19-12-6-4-11(5-7-12)14(16)20/h4-7H,8-10H2,1-3H3,(H2,16,20)(H,17,18). The lowest BCUT2D eigenvalue weighted by atomic mass is 9.92. The van der Waals surface area contributed by atoms with Crippen LogP contribution in [-0.2, 0) is 4.79 Å². The molecule has 1 aromatic carbocycles. The second-order valence-corrected chi connectivity index (χ2v) is 6.28. The first-order valence-electron chi connectivity index (χ1n) is 6.57. The average Bonchev–Trinajstić information content (AvgIpc) is 2.35. The summed E-state index contributed by atoms with van der Waals surface area (Å²) in [6, 6.07) is 7.04. The number of amides is 1. The van der Waals surface area contributed by atoms with Crippen molar-refractivity contribution >= 4 is 23.1 Å². The molecule has 0 aliphatic rings. The summed E-state index contributed by atoms with van der Waals surface area (Å²) in [5, 5.41) is 2.83. The van der Waals surface area contributed by atoms with Gasteiger partial charge in [0.1, 0.15) is 10.7 Å². The molecule has 0 bridgehead atoms. The van der Waals surface area contributed by atoms with Crippen LogP contribution < -0.4 is 15.8 Å². The minimum Gasteiger partial charge on any atom is -0.484 e. The monoisotopic (exact) mass is 294 g/mol. The van der Waals surface area contributed by atoms with Gasteiger partial charge in [-0.15, -0.1) is 0 Å². The zero-order valence-electron chi connectivity index (χ0n) is 12.2. The van der Waals surface area contributed by atoms with Crippen molar-refractivity contribution in [3.05, 3.63) is 29.8 Å². The largest absolute Gasteiger partial charge is 0.484 e. The number of carbonyl (C=O) groups is 1. The van der Waals surface area contributed by atoms with Crippen LogP contribution in [0.25, 0.3) is 0 Å². The van der Waals surface area contributed by atoms with Crippen LogP contribution in [0.2, 0.25) is 0 Å². The smallest absolute Gasteiger partial charge is 0.257 e. The van der Waals surface area contributed by atoms with E-state index >= 15 is 0 Å². The van der Waals surface area contributed by atoms with Crippen molar-refractivity contribution in [1.29, 1.82) is 0 Å². The highest BCUT2D eigenvalue weighted by Gasteiger charge is 2.10. The number of carbonyl (C=O) groups excluding carboxylic acids is 1. The molecule has 0 aliphatic carbocycles. The van der Waals surface area contributed by atoms with Gasteiger partial charge in [-0.05, 0) is 36.1 Å². The third-order valence-electron chi connectivity index (χ3n) is 2.71. The van der Waals surface area contributed by atoms with Gasteiger partial charge in [0.15, 0.2) is 6.61 Å². The third kappa shape index (κ3) is 6.52. The van der Waals surface area contributed by atoms with Crippen molar-refractivity contribution < 1.29 is 9.53 Å². The Balaban J connectivity index is 2.32. The van der Waals surface area contributed by atoms with Crippen molar-refractivity contribution in [2.45, 2.75) is 27.2 Å². The molecule has 0 aromatic heterocycles. The van der Waals surface area contributed by atoms with E-state index in [2.05, 4.69) is 26.1 Å². The average molecular weight is 294 g/mol. The summed E-state index contributed by atoms with van der Waals surface area (Å²) >= 11 is 4.86. The van der Waals surface area contributed by atoms with Gasteiger partial charge >= 0.3 is 0 Å². The molecule has 20 heavy (non-hydrogen) atoms. The quantitative estimate of drug-likeness (QED) is 0.790. The van der Waals surface area contributed by atoms with Crippen LogP contribution in [0, 0.1) is 5.41 Å². The molecule has 1 aromatic rings. The maximum atomic E-state index is 11.6. The van der Waals surface area contributed by atoms with Crippen molar-refractivity contribution in [3.63, 3.8) is 0 Å². The first kappa shape index (κ1) is 16.4. The molecule has 0 saturated carbocycles. The molecular weight excluding hydrogens is 272 g/mol. The number of ether oxygens (including phenoxy) is 1. The van der Waals surface area contributed by atoms with Gasteiger partial charge in [-0.2, -0.15) is 0 Å². The fourth-order valence-electron chi connectivity index (χ4n) is 1.49. The lowest BCUT2D eigenvalue weighted by Crippen LogP contribution is -2.31. The maximum absolute atomic E-state index is 11.6. The van der Waals surface area contributed by atoms with Crippen molar-refractivity contribution in [2.24, 2.45) is 11.1 Å². The molecule has 5 heteroatoms. The molecule has 110 valence electrons. The summed E-state index contributed by atoms with van der Waals surface area (Å²) in [5.74, 6) is 0.503. The highest BCUT2D eigenvalue weighted by molar-refractivity contribution is 7.80. The van der Waals surface area contributed by atoms with Gasteiger partial charge in [0, 0.05) is 12.1 Å². The zero-order chi connectivity index (χ0) is 15.2. The highest BCUT2D eigenvalue weighted by Crippen LogP contribution is 2.17. The second-order valence-electron chi connectivity index (χ2n) is 5.84. The van der Waals surface area contributed by atoms with E-state index in [1.54, 1.807) is 24.3 Å². The molecule has 4 nitrogen and oxygen atoms in total. The van der Waals surface area contributed by atoms with Gasteiger partial charge in [0.2, 0.25) is 0 Å². The van der Waals surface area contributed by atoms with E-state index in [0.717, 1.165) is 12.0 Å². The van der Waals surface area contributed by atoms with Gasteiger partial charge < -0.3 is 15.8 Å². The fourth-order valence-corrected chi connectivity index (χ4v) is 1.63. The molecule has 0 fully saturated rings. The molecular formula is C15H22N2O2S. The SMILES string of the molecule is CC(C)(C)CCNC(=O)COc1ccc(C(N)=S)cc1. The van der Waals surface area contributed by atoms with E-state index in [1.165, 1.54) is 0 Å². The van der Waals surface area contributed by atoms with Crippen molar-refractivity contribution in [2.75, 3.05) is 13.2 Å². The predicted octanol–water partition coefficient (Wildman–Crippen LogP) is 2.25. The Morgan fingerprint density at radius 3 is 2.40 bits per heavy atom. The maximum Gasteiger partial charge on any atom is 0.257 e. The minimum absolute atomic E-state index is 0.0105. The zero-order valence-corrected chi connectivity index (χ0v) is 13.0. The normalized spacial score (nSPS) is 10.9. The van der Waals surface area contributed by atoms with Crippen LogP contribution in [0.4, 0.5) is 0 Å². The predicted molar refractivity (Wildman–Crippen MR) is 84.9 cm³/mol. The number of thiocarbonyl (C=S) groups is 1. The van der Waals surface area contributed by atoms with Gasteiger partial charge in [0.05, 0.1) is 0 Å². The molecule has 0 heterocycles. The van der Waals surface area contributed by atoms with Crippen LogP contribution >= 0.6 is 12.2 Å². The Morgan fingerprint density at radius 1 is 1.30 bits per heavy atom. The number of nitrogens with two attached hydrogens (primary N) is 1. The van der Waals surface area contributed by atoms with Crippen LogP contribution in [0.1, 0.15) is 32.8 Å². The summed E-state index contributed by atoms with van der Waals surface area (Å²) in [5.41, 5.74) is 6.49. The van der Waals surface area contributed by atoms with Crippen LogP contribution in [0.15, 0.2) is 24.3 Å². The third-order valence-corrected chi connectivity index (χ3v) is 2.94. The Morgan fingerprint density at radius 2 is 1.90 bits per heavy atom. The molecule has 1 rings (SSSR count). The second kappa shape index (κ2) is 7.24. The summed E-state index contributed by atoms with van der Waals surface area (Å²) in [4.78, 5) is 11.9. The van der Waals surface area contributed by atoms with Crippen LogP contribution in [0.5, 0.6) is 5.75 Å². The van der Waals surface area contributed by atoms with Gasteiger partial charge in [-0.25, -0.2) is 0 Å². The van der Waals surface area contributed by atoms with E-state index in [9.17, 15) is 4.79 Å². The molecule has 0 atom stereocenters. The van der Waals surface area contributed by atoms with E-state index in [4.69, 9.17) is 22.7 Å². The molecule has 1 amide bonds. The van der Waals surface area contributed by atoms with Gasteiger partial charge in [-0.3, -0.25) is 4.79 Å². The highest BCUT2D eigenvalue weighted by atomic mass is 32.1. The Bertz CT molecular complexity index is 464. The summed E-state index contributed by atoms with van der Waals surface area (Å²) < 4.78 is 5.39. The Kier molecular flexibility index (Phi) is 5.95. The van der Waals surface area contributed by atoms with Crippen LogP contribution in [0.3, 0.4) is 0 Å². The number of hydrogen-bond acceptors (Lipinski definition) is 3. The van der Waals surface area contributed by atoms with Crippen LogP contribution in [-0.4, -0.2) is 24.0 Å². The summed E-state index contributed by atoms with van der Waals surface area (Å²) in [6.07, 6.45) is 0.932. The lowest BCUT2D eigenvalue weighted by Gasteiger charge is -2.18. The van der Waals surface area contributed by atoms with Crippen molar-refractivity contribution in [1.82, 2.24) is 5.32 Å². The van der Waals surface area contributed by atoms with Crippen molar-refractivity contribution in [3.8, 4) is 5.75 Å². The van der Waals surface area contributed by atoms with E-state index in [0.29, 0.717) is 17.3 Å². The van der Waals surface area contributed by atoms with E-state index in [1.807, 2.05) is 0 Å². The minimum atomic E-state index is -0.118. The topological polar surface area (TPSA) is 64.3 Å². The first-order chi connectivity index (χ1) is 9.28. The number of benzene rings is 1. The first-order valence-corrected chi connectivity index (χ1v) is 6.98. The Hall–Kier alpha value is -1.62. The van der Waals surface area contributed by atoms with Gasteiger partial charge in [-0.1, -0.05) is 33.0 Å². The molecule has 0 unspecified atom stereocenters. The number of rotatable bonds is 6. The molecule has 0 aliphatic heterocycles. The number of hydrogen-bond donors (Lipinski definition) is 2. The summed E-state index contributed by atoms with van der Waals surface area (Å²) in [6.45, 7) is 7.08. The lowest BCUT2D eigenvalue weighted by molar-refractivity contribution is -0.123. The summed E-state index contributed by atoms with van der Waals surface area (Å²) in [7, 11) is 0. The molecule has 0 radical (unpaired) electrons. The Labute approximate surface area is 125 Å². The van der Waals surface area contributed by atoms with Gasteiger partial charge in [0.25, 0.3) is 5.91 Å². The molecule has 0 spiro atoms. The molecule has 3 N–H and O–H groups in total. The van der Waals surface area contributed by atoms with E-state index < -0.39 is 0 Å². The fraction of sp³-hybridized carbons (Fsp3) is 0.467. The number of nitrogens with one attached hydrogen (secondary N) is 1.